The van der Waals surface area contributed by atoms with Gasteiger partial charge in [-0.25, -0.2) is 8.78 Å². The standard InChI is InChI=1S/C15H11F2NO2/c16-13-3-4-15(17)12(7-13)10-20-14-6-11(2-1-5-19)8-18-9-14/h3-4,6-9,19H,5,10H2. The van der Waals surface area contributed by atoms with Crippen molar-refractivity contribution in [2.75, 3.05) is 6.61 Å². The molecular weight excluding hydrogens is 264 g/mol. The van der Waals surface area contributed by atoms with E-state index < -0.39 is 11.6 Å². The molecule has 2 rings (SSSR count). The fourth-order valence-electron chi connectivity index (χ4n) is 1.52. The smallest absolute Gasteiger partial charge is 0.139 e. The highest BCUT2D eigenvalue weighted by Gasteiger charge is 2.05. The van der Waals surface area contributed by atoms with Crippen LogP contribution in [0.4, 0.5) is 8.78 Å². The SMILES string of the molecule is OCC#Cc1cncc(OCc2cc(F)ccc2F)c1. The third-order valence-electron chi connectivity index (χ3n) is 2.43. The van der Waals surface area contributed by atoms with Crippen molar-refractivity contribution in [2.45, 2.75) is 6.61 Å². The van der Waals surface area contributed by atoms with Gasteiger partial charge in [0.25, 0.3) is 0 Å². The van der Waals surface area contributed by atoms with Gasteiger partial charge in [-0.3, -0.25) is 4.98 Å². The quantitative estimate of drug-likeness (QED) is 0.874. The molecule has 0 atom stereocenters. The van der Waals surface area contributed by atoms with Gasteiger partial charge in [-0.2, -0.15) is 0 Å². The minimum Gasteiger partial charge on any atom is -0.487 e. The number of hydrogen-bond donors (Lipinski definition) is 1. The zero-order valence-electron chi connectivity index (χ0n) is 10.4. The molecule has 1 aromatic carbocycles. The topological polar surface area (TPSA) is 42.4 Å². The summed E-state index contributed by atoms with van der Waals surface area (Å²) in [4.78, 5) is 3.91. The molecule has 0 amide bonds. The van der Waals surface area contributed by atoms with E-state index in [1.165, 1.54) is 12.4 Å². The highest BCUT2D eigenvalue weighted by atomic mass is 19.1. The van der Waals surface area contributed by atoms with Crippen LogP contribution in [0, 0.1) is 23.5 Å². The van der Waals surface area contributed by atoms with Crippen molar-refractivity contribution in [1.29, 1.82) is 0 Å². The largest absolute Gasteiger partial charge is 0.487 e. The van der Waals surface area contributed by atoms with E-state index >= 15 is 0 Å². The Labute approximate surface area is 114 Å². The Kier molecular flexibility index (Phi) is 4.64. The maximum absolute atomic E-state index is 13.4. The molecule has 20 heavy (non-hydrogen) atoms. The van der Waals surface area contributed by atoms with Crippen LogP contribution in [-0.2, 0) is 6.61 Å². The van der Waals surface area contributed by atoms with Gasteiger partial charge in [-0.15, -0.1) is 0 Å². The second kappa shape index (κ2) is 6.64. The van der Waals surface area contributed by atoms with Crippen LogP contribution < -0.4 is 4.74 Å². The van der Waals surface area contributed by atoms with E-state index in [9.17, 15) is 8.78 Å². The zero-order chi connectivity index (χ0) is 14.4. The van der Waals surface area contributed by atoms with E-state index in [1.807, 2.05) is 0 Å². The number of aromatic nitrogens is 1. The van der Waals surface area contributed by atoms with Gasteiger partial charge in [0, 0.05) is 17.3 Å². The minimum atomic E-state index is -0.532. The Morgan fingerprint density at radius 1 is 1.20 bits per heavy atom. The lowest BCUT2D eigenvalue weighted by molar-refractivity contribution is 0.297. The van der Waals surface area contributed by atoms with Crippen LogP contribution in [0.5, 0.6) is 5.75 Å². The fourth-order valence-corrected chi connectivity index (χ4v) is 1.52. The first-order chi connectivity index (χ1) is 9.69. The van der Waals surface area contributed by atoms with Crippen LogP contribution in [0.3, 0.4) is 0 Å². The van der Waals surface area contributed by atoms with Crippen LogP contribution >= 0.6 is 0 Å². The molecule has 0 fully saturated rings. The number of aliphatic hydroxyl groups excluding tert-OH is 1. The first kappa shape index (κ1) is 14.0. The molecule has 102 valence electrons. The van der Waals surface area contributed by atoms with Crippen molar-refractivity contribution in [2.24, 2.45) is 0 Å². The van der Waals surface area contributed by atoms with E-state index in [0.29, 0.717) is 11.3 Å². The summed E-state index contributed by atoms with van der Waals surface area (Å²) in [6.07, 6.45) is 2.96. The molecule has 0 aliphatic carbocycles. The molecule has 0 radical (unpaired) electrons. The lowest BCUT2D eigenvalue weighted by Gasteiger charge is -2.07. The third kappa shape index (κ3) is 3.77. The third-order valence-corrected chi connectivity index (χ3v) is 2.43. The molecule has 3 nitrogen and oxygen atoms in total. The van der Waals surface area contributed by atoms with E-state index in [2.05, 4.69) is 16.8 Å². The van der Waals surface area contributed by atoms with Gasteiger partial charge < -0.3 is 9.84 Å². The molecule has 0 unspecified atom stereocenters. The fraction of sp³-hybridized carbons (Fsp3) is 0.133. The molecule has 0 bridgehead atoms. The van der Waals surface area contributed by atoms with Gasteiger partial charge >= 0.3 is 0 Å². The van der Waals surface area contributed by atoms with Crippen LogP contribution in [0.25, 0.3) is 0 Å². The summed E-state index contributed by atoms with van der Waals surface area (Å²) in [7, 11) is 0. The van der Waals surface area contributed by atoms with Crippen molar-refractivity contribution in [3.8, 4) is 17.6 Å². The van der Waals surface area contributed by atoms with Crippen molar-refractivity contribution in [3.05, 3.63) is 59.4 Å². The van der Waals surface area contributed by atoms with E-state index in [4.69, 9.17) is 9.84 Å². The Morgan fingerprint density at radius 2 is 2.05 bits per heavy atom. The Balaban J connectivity index is 2.09. The molecule has 1 N–H and O–H groups in total. The number of nitrogens with zero attached hydrogens (tertiary/aromatic N) is 1. The van der Waals surface area contributed by atoms with E-state index in [1.54, 1.807) is 6.07 Å². The Hall–Kier alpha value is -2.45. The van der Waals surface area contributed by atoms with Gasteiger partial charge in [0.2, 0.25) is 0 Å². The van der Waals surface area contributed by atoms with Crippen LogP contribution in [0.2, 0.25) is 0 Å². The summed E-state index contributed by atoms with van der Waals surface area (Å²) in [6, 6.07) is 4.78. The molecule has 0 spiro atoms. The summed E-state index contributed by atoms with van der Waals surface area (Å²) < 4.78 is 31.8. The molecule has 2 aromatic rings. The van der Waals surface area contributed by atoms with Gasteiger partial charge in [-0.1, -0.05) is 11.8 Å². The van der Waals surface area contributed by atoms with Crippen molar-refractivity contribution in [3.63, 3.8) is 0 Å². The number of pyridine rings is 1. The van der Waals surface area contributed by atoms with Crippen molar-refractivity contribution < 1.29 is 18.6 Å². The minimum absolute atomic E-state index is 0.109. The average Bonchev–Trinajstić information content (AvgIpc) is 2.46. The molecule has 0 aliphatic heterocycles. The Morgan fingerprint density at radius 3 is 2.85 bits per heavy atom. The van der Waals surface area contributed by atoms with Gasteiger partial charge in [0.05, 0.1) is 6.20 Å². The highest BCUT2D eigenvalue weighted by Crippen LogP contribution is 2.15. The first-order valence-electron chi connectivity index (χ1n) is 5.80. The maximum atomic E-state index is 13.4. The van der Waals surface area contributed by atoms with Gasteiger partial charge in [0.1, 0.15) is 30.6 Å². The number of rotatable bonds is 3. The second-order valence-electron chi connectivity index (χ2n) is 3.89. The molecule has 0 saturated heterocycles. The zero-order valence-corrected chi connectivity index (χ0v) is 10.4. The van der Waals surface area contributed by atoms with Crippen LogP contribution in [-0.4, -0.2) is 16.7 Å². The normalized spacial score (nSPS) is 9.75. The highest BCUT2D eigenvalue weighted by molar-refractivity contribution is 5.36. The summed E-state index contributed by atoms with van der Waals surface area (Å²) in [6.45, 7) is -0.359. The van der Waals surface area contributed by atoms with E-state index in [0.717, 1.165) is 18.2 Å². The van der Waals surface area contributed by atoms with Gasteiger partial charge in [0.15, 0.2) is 0 Å². The number of halogens is 2. The first-order valence-corrected chi connectivity index (χ1v) is 5.80. The predicted octanol–water partition coefficient (Wildman–Crippen LogP) is 2.28. The monoisotopic (exact) mass is 275 g/mol. The lowest BCUT2D eigenvalue weighted by Crippen LogP contribution is -2.00. The number of ether oxygens (including phenoxy) is 1. The molecule has 0 aliphatic rings. The summed E-state index contributed by atoms with van der Waals surface area (Å²) in [5.74, 6) is 4.49. The molecule has 1 aromatic heterocycles. The summed E-state index contributed by atoms with van der Waals surface area (Å²) in [5.41, 5.74) is 0.688. The lowest BCUT2D eigenvalue weighted by atomic mass is 10.2. The molecular formula is C15H11F2NO2. The Bertz CT molecular complexity index is 662. The van der Waals surface area contributed by atoms with Gasteiger partial charge in [-0.05, 0) is 24.3 Å². The van der Waals surface area contributed by atoms with Crippen molar-refractivity contribution in [1.82, 2.24) is 4.98 Å². The second-order valence-corrected chi connectivity index (χ2v) is 3.89. The van der Waals surface area contributed by atoms with Crippen LogP contribution in [0.15, 0.2) is 36.7 Å². The van der Waals surface area contributed by atoms with Crippen LogP contribution in [0.1, 0.15) is 11.1 Å². The summed E-state index contributed by atoms with van der Waals surface area (Å²) >= 11 is 0. The molecule has 5 heteroatoms. The molecule has 0 saturated carbocycles. The number of hydrogen-bond acceptors (Lipinski definition) is 3. The maximum Gasteiger partial charge on any atom is 0.139 e. The average molecular weight is 275 g/mol. The van der Waals surface area contributed by atoms with Crippen molar-refractivity contribution >= 4 is 0 Å². The molecule has 1 heterocycles. The summed E-state index contributed by atoms with van der Waals surface area (Å²) in [5, 5.41) is 8.60. The number of aliphatic hydroxyl groups is 1. The number of benzene rings is 1. The predicted molar refractivity (Wildman–Crippen MR) is 68.9 cm³/mol. The van der Waals surface area contributed by atoms with E-state index in [-0.39, 0.29) is 18.8 Å².